The summed E-state index contributed by atoms with van der Waals surface area (Å²) in [6.07, 6.45) is -11.0. The van der Waals surface area contributed by atoms with Crippen molar-refractivity contribution < 1.29 is 82.0 Å². The number of ether oxygens (including phenoxy) is 7. The minimum Gasteiger partial charge on any atom is -0.455 e. The van der Waals surface area contributed by atoms with Gasteiger partial charge in [0.1, 0.15) is 41.2 Å². The van der Waals surface area contributed by atoms with Crippen LogP contribution >= 0.6 is 0 Å². The number of fused-ring (bicyclic) bond motifs is 5. The molecule has 1 amide bonds. The molecule has 6 N–H and O–H groups in total. The van der Waals surface area contributed by atoms with Crippen LogP contribution in [-0.4, -0.2) is 130 Å². The summed E-state index contributed by atoms with van der Waals surface area (Å²) >= 11 is 0. The van der Waals surface area contributed by atoms with Gasteiger partial charge in [0.05, 0.1) is 36.0 Å². The predicted molar refractivity (Wildman–Crippen MR) is 237 cm³/mol. The molecule has 370 valence electrons. The van der Waals surface area contributed by atoms with Gasteiger partial charge in [0.15, 0.2) is 18.0 Å². The van der Waals surface area contributed by atoms with Crippen LogP contribution in [0.5, 0.6) is 0 Å². The number of carbonyl (C=O) groups is 7. The molecular formula is C49H62N2O17. The van der Waals surface area contributed by atoms with Crippen molar-refractivity contribution in [3.8, 4) is 0 Å². The van der Waals surface area contributed by atoms with Crippen molar-refractivity contribution in [3.63, 3.8) is 0 Å². The minimum atomic E-state index is -2.50. The highest BCUT2D eigenvalue weighted by atomic mass is 16.6. The van der Waals surface area contributed by atoms with E-state index in [1.54, 1.807) is 57.2 Å². The molecule has 1 saturated heterocycles. The number of nitrogens with one attached hydrogen (secondary N) is 1. The Labute approximate surface area is 393 Å². The van der Waals surface area contributed by atoms with E-state index in [9.17, 15) is 39.3 Å². The normalized spacial score (nSPS) is 31.4. The van der Waals surface area contributed by atoms with Crippen molar-refractivity contribution in [2.45, 2.75) is 141 Å². The molecule has 3 fully saturated rings. The molecule has 1 heterocycles. The number of benzene rings is 2. The van der Waals surface area contributed by atoms with Crippen LogP contribution in [0.4, 0.5) is 4.79 Å². The van der Waals surface area contributed by atoms with Gasteiger partial charge in [-0.25, -0.2) is 19.2 Å². The number of Topliss-reactive ketones (excluding diaryl/α,β-unsaturated/α-hetero) is 1. The molecule has 11 atom stereocenters. The zero-order valence-electron chi connectivity index (χ0n) is 39.7. The molecule has 2 aromatic carbocycles. The summed E-state index contributed by atoms with van der Waals surface area (Å²) < 4.78 is 41.0. The van der Waals surface area contributed by atoms with Gasteiger partial charge in [-0.2, -0.15) is 0 Å². The summed E-state index contributed by atoms with van der Waals surface area (Å²) in [6, 6.07) is 14.1. The van der Waals surface area contributed by atoms with Crippen molar-refractivity contribution in [1.29, 1.82) is 0 Å². The largest absolute Gasteiger partial charge is 0.455 e. The summed E-state index contributed by atoms with van der Waals surface area (Å²) in [5.41, 5.74) is -5.70. The fourth-order valence-corrected chi connectivity index (χ4v) is 10.5. The minimum absolute atomic E-state index is 0.0306. The molecule has 0 spiro atoms. The molecule has 3 aliphatic carbocycles. The number of aliphatic hydroxyl groups excluding tert-OH is 2. The van der Waals surface area contributed by atoms with Crippen molar-refractivity contribution in [3.05, 3.63) is 82.9 Å². The van der Waals surface area contributed by atoms with Crippen LogP contribution in [0.1, 0.15) is 104 Å². The number of alkyl carbamates (subject to hydrolysis) is 1. The number of aliphatic hydroxyl groups is 3. The van der Waals surface area contributed by atoms with Crippen molar-refractivity contribution >= 4 is 41.7 Å². The molecule has 0 unspecified atom stereocenters. The lowest BCUT2D eigenvalue weighted by Crippen LogP contribution is -2.82. The van der Waals surface area contributed by atoms with Gasteiger partial charge in [0, 0.05) is 31.7 Å². The van der Waals surface area contributed by atoms with E-state index in [4.69, 9.17) is 38.9 Å². The van der Waals surface area contributed by atoms with Crippen molar-refractivity contribution in [1.82, 2.24) is 5.32 Å². The van der Waals surface area contributed by atoms with Crippen LogP contribution in [0.2, 0.25) is 0 Å². The smallest absolute Gasteiger partial charge is 0.408 e. The Balaban J connectivity index is 1.54. The molecule has 4 aliphatic rings. The number of carbonyl (C=O) groups excluding carboxylic acids is 7. The van der Waals surface area contributed by atoms with Gasteiger partial charge in [-0.1, -0.05) is 62.4 Å². The third-order valence-corrected chi connectivity index (χ3v) is 14.0. The highest BCUT2D eigenvalue weighted by molar-refractivity contribution is 5.94. The summed E-state index contributed by atoms with van der Waals surface area (Å²) in [4.78, 5) is 97.0. The molecule has 0 radical (unpaired) electrons. The summed E-state index contributed by atoms with van der Waals surface area (Å²) in [7, 11) is 0. The Hall–Kier alpha value is -5.73. The molecule has 2 aromatic rings. The zero-order chi connectivity index (χ0) is 50.4. The third kappa shape index (κ3) is 9.38. The highest BCUT2D eigenvalue weighted by Gasteiger charge is 2.78. The third-order valence-electron chi connectivity index (χ3n) is 14.0. The summed E-state index contributed by atoms with van der Waals surface area (Å²) in [5.74, 6) is -7.80. The first-order valence-electron chi connectivity index (χ1n) is 22.4. The van der Waals surface area contributed by atoms with Gasteiger partial charge in [-0.15, -0.1) is 0 Å². The van der Waals surface area contributed by atoms with Crippen molar-refractivity contribution in [2.24, 2.45) is 22.5 Å². The highest BCUT2D eigenvalue weighted by Crippen LogP contribution is 2.65. The standard InChI is InChI=1S/C49H62N2O17/c1-26-34-36(56)39(57)47(9)30(53)22-31-48(25-63-31,66-27(2)52)38(47)40(65-41(58)29-18-14-11-15-19-29)49(61,45(34,6)7)24-46(26,8)67-42(59)37(64-33(55)23-62-32(54)20-21-50)35(28-16-12-10-13-17-28)51-43(60)68-44(3,4)5/h10-19,30-31,35-38,40,53,56,61H,20-25,50H2,1-9H3,(H,51,60)/t30-,31+,35-,36+,37+,38-,40-,46-,47+,48-,49-/m0/s1. The number of hydrogen-bond donors (Lipinski definition) is 5. The molecule has 19 heteroatoms. The lowest BCUT2D eigenvalue weighted by atomic mass is 9.44. The van der Waals surface area contributed by atoms with E-state index in [0.717, 1.165) is 6.92 Å². The van der Waals surface area contributed by atoms with E-state index in [1.165, 1.54) is 58.9 Å². The average Bonchev–Trinajstić information content (AvgIpc) is 3.25. The van der Waals surface area contributed by atoms with E-state index in [-0.39, 0.29) is 48.3 Å². The molecule has 19 nitrogen and oxygen atoms in total. The van der Waals surface area contributed by atoms with Gasteiger partial charge >= 0.3 is 35.9 Å². The predicted octanol–water partition coefficient (Wildman–Crippen LogP) is 3.09. The van der Waals surface area contributed by atoms with E-state index in [0.29, 0.717) is 0 Å². The van der Waals surface area contributed by atoms with Gasteiger partial charge in [0.2, 0.25) is 6.10 Å². The second-order valence-electron chi connectivity index (χ2n) is 19.9. The van der Waals surface area contributed by atoms with Crippen LogP contribution in [0.25, 0.3) is 0 Å². The molecular weight excluding hydrogens is 889 g/mol. The van der Waals surface area contributed by atoms with E-state index in [2.05, 4.69) is 5.32 Å². The van der Waals surface area contributed by atoms with Gasteiger partial charge < -0.3 is 59.5 Å². The number of nitrogens with two attached hydrogens (primary N) is 1. The SMILES string of the molecule is CC(=O)O[C@@]12CO[C@@H]1C[C@H](O)[C@@]1(C)C(=O)[C@H](O)C3=C(C)[C@@](C)(OC(=O)[C@H](OC(=O)COC(=O)CCN)[C@@H](NC(=O)OC(C)(C)C)c4ccccc4)C[C@](O)([C@@H](OC(=O)c4ccccc4)[C@H]21)C3(C)C. The maximum Gasteiger partial charge on any atom is 0.408 e. The van der Waals surface area contributed by atoms with Crippen LogP contribution in [0.3, 0.4) is 0 Å². The fourth-order valence-electron chi connectivity index (χ4n) is 10.5. The van der Waals surface area contributed by atoms with E-state index >= 15 is 9.59 Å². The number of esters is 5. The quantitative estimate of drug-likeness (QED) is 0.110. The van der Waals surface area contributed by atoms with Crippen LogP contribution in [0, 0.1) is 16.7 Å². The Morgan fingerprint density at radius 2 is 1.54 bits per heavy atom. The van der Waals surface area contributed by atoms with E-state index in [1.807, 2.05) is 0 Å². The number of hydrogen-bond acceptors (Lipinski definition) is 18. The number of amides is 1. The van der Waals surface area contributed by atoms with E-state index < -0.39 is 130 Å². The monoisotopic (exact) mass is 950 g/mol. The number of ketones is 1. The van der Waals surface area contributed by atoms with Gasteiger partial charge in [0.25, 0.3) is 0 Å². The van der Waals surface area contributed by atoms with Crippen LogP contribution in [0.15, 0.2) is 71.8 Å². The first-order valence-corrected chi connectivity index (χ1v) is 22.4. The Kier molecular flexibility index (Phi) is 14.4. The first kappa shape index (κ1) is 51.7. The van der Waals surface area contributed by atoms with Gasteiger partial charge in [-0.05, 0) is 70.4 Å². The maximum absolute atomic E-state index is 15.3. The van der Waals surface area contributed by atoms with Crippen LogP contribution < -0.4 is 11.1 Å². The second-order valence-corrected chi connectivity index (χ2v) is 19.9. The molecule has 0 aromatic heterocycles. The molecule has 2 bridgehead atoms. The fraction of sp³-hybridized carbons (Fsp3) is 0.571. The second kappa shape index (κ2) is 19.0. The van der Waals surface area contributed by atoms with Gasteiger partial charge in [-0.3, -0.25) is 14.4 Å². The Morgan fingerprint density at radius 1 is 0.926 bits per heavy atom. The Morgan fingerprint density at radius 3 is 2.10 bits per heavy atom. The summed E-state index contributed by atoms with van der Waals surface area (Å²) in [5, 5.41) is 40.9. The lowest BCUT2D eigenvalue weighted by Gasteiger charge is -2.68. The average molecular weight is 951 g/mol. The molecule has 68 heavy (non-hydrogen) atoms. The summed E-state index contributed by atoms with van der Waals surface area (Å²) in [6.45, 7) is 11.7. The maximum atomic E-state index is 15.3. The van der Waals surface area contributed by atoms with Crippen molar-refractivity contribution in [2.75, 3.05) is 19.8 Å². The molecule has 1 aliphatic heterocycles. The first-order chi connectivity index (χ1) is 31.7. The molecule has 2 saturated carbocycles. The molecule has 6 rings (SSSR count). The number of rotatable bonds is 13. The topological polar surface area (TPSA) is 283 Å². The van der Waals surface area contributed by atoms with Crippen LogP contribution in [-0.2, 0) is 57.1 Å². The Bertz CT molecular complexity index is 2330. The zero-order valence-corrected chi connectivity index (χ0v) is 39.7. The lowest BCUT2D eigenvalue weighted by molar-refractivity contribution is -0.346.